The van der Waals surface area contributed by atoms with Gasteiger partial charge in [-0.15, -0.1) is 6.58 Å². The van der Waals surface area contributed by atoms with Gasteiger partial charge in [-0.3, -0.25) is 5.32 Å². The summed E-state index contributed by atoms with van der Waals surface area (Å²) in [5, 5.41) is 3.22. The fraction of sp³-hybridized carbons (Fsp3) is 0.357. The normalized spacial score (nSPS) is 21.6. The molecule has 1 unspecified atom stereocenters. The SMILES string of the molecule is C=CCNC1(C(=O)OC)CCOc2ccccc21. The van der Waals surface area contributed by atoms with Crippen LogP contribution in [0.5, 0.6) is 5.75 Å². The molecule has 0 saturated heterocycles. The zero-order chi connectivity index (χ0) is 13.0. The largest absolute Gasteiger partial charge is 0.493 e. The highest BCUT2D eigenvalue weighted by Crippen LogP contribution is 2.37. The number of para-hydroxylation sites is 1. The van der Waals surface area contributed by atoms with Crippen LogP contribution in [0.25, 0.3) is 0 Å². The molecule has 0 radical (unpaired) electrons. The molecule has 96 valence electrons. The Kier molecular flexibility index (Phi) is 3.67. The third-order valence-electron chi connectivity index (χ3n) is 3.16. The molecule has 2 rings (SSSR count). The molecule has 4 heteroatoms. The minimum absolute atomic E-state index is 0.292. The summed E-state index contributed by atoms with van der Waals surface area (Å²) in [5.74, 6) is 0.436. The maximum Gasteiger partial charge on any atom is 0.331 e. The number of carbonyl (C=O) groups excluding carboxylic acids is 1. The molecule has 1 aromatic rings. The van der Waals surface area contributed by atoms with Gasteiger partial charge in [0.25, 0.3) is 0 Å². The van der Waals surface area contributed by atoms with Crippen LogP contribution in [0.15, 0.2) is 36.9 Å². The Hall–Kier alpha value is -1.81. The summed E-state index contributed by atoms with van der Waals surface area (Å²) >= 11 is 0. The molecule has 1 aliphatic heterocycles. The quantitative estimate of drug-likeness (QED) is 0.648. The van der Waals surface area contributed by atoms with Crippen molar-refractivity contribution >= 4 is 5.97 Å². The van der Waals surface area contributed by atoms with Gasteiger partial charge in [0, 0.05) is 18.5 Å². The Morgan fingerprint density at radius 1 is 1.61 bits per heavy atom. The van der Waals surface area contributed by atoms with E-state index in [1.54, 1.807) is 6.08 Å². The van der Waals surface area contributed by atoms with E-state index in [-0.39, 0.29) is 5.97 Å². The molecule has 1 heterocycles. The maximum atomic E-state index is 12.2. The Morgan fingerprint density at radius 3 is 3.11 bits per heavy atom. The third-order valence-corrected chi connectivity index (χ3v) is 3.16. The molecular weight excluding hydrogens is 230 g/mol. The highest BCUT2D eigenvalue weighted by Gasteiger charge is 2.44. The van der Waals surface area contributed by atoms with E-state index in [9.17, 15) is 4.79 Å². The first-order valence-corrected chi connectivity index (χ1v) is 5.91. The maximum absolute atomic E-state index is 12.2. The number of fused-ring (bicyclic) bond motifs is 1. The van der Waals surface area contributed by atoms with Crippen LogP contribution in [0.3, 0.4) is 0 Å². The molecule has 0 spiro atoms. The minimum Gasteiger partial charge on any atom is -0.493 e. The fourth-order valence-corrected chi connectivity index (χ4v) is 2.28. The predicted molar refractivity (Wildman–Crippen MR) is 68.4 cm³/mol. The van der Waals surface area contributed by atoms with Crippen LogP contribution in [-0.2, 0) is 15.1 Å². The molecule has 1 aliphatic rings. The lowest BCUT2D eigenvalue weighted by molar-refractivity contribution is -0.150. The van der Waals surface area contributed by atoms with Gasteiger partial charge in [-0.2, -0.15) is 0 Å². The lowest BCUT2D eigenvalue weighted by Crippen LogP contribution is -2.52. The number of hydrogen-bond donors (Lipinski definition) is 1. The zero-order valence-electron chi connectivity index (χ0n) is 10.4. The van der Waals surface area contributed by atoms with Gasteiger partial charge >= 0.3 is 5.97 Å². The van der Waals surface area contributed by atoms with E-state index < -0.39 is 5.54 Å². The summed E-state index contributed by atoms with van der Waals surface area (Å²) in [6.07, 6.45) is 2.27. The summed E-state index contributed by atoms with van der Waals surface area (Å²) in [5.41, 5.74) is -0.0115. The van der Waals surface area contributed by atoms with Crippen molar-refractivity contribution in [2.75, 3.05) is 20.3 Å². The van der Waals surface area contributed by atoms with Crippen LogP contribution < -0.4 is 10.1 Å². The molecular formula is C14H17NO3. The highest BCUT2D eigenvalue weighted by atomic mass is 16.5. The van der Waals surface area contributed by atoms with E-state index in [2.05, 4.69) is 11.9 Å². The van der Waals surface area contributed by atoms with Crippen LogP contribution >= 0.6 is 0 Å². The molecule has 0 aromatic heterocycles. The average Bonchev–Trinajstić information content (AvgIpc) is 2.44. The molecule has 1 atom stereocenters. The summed E-state index contributed by atoms with van der Waals surface area (Å²) in [7, 11) is 1.40. The first-order valence-electron chi connectivity index (χ1n) is 5.91. The Morgan fingerprint density at radius 2 is 2.39 bits per heavy atom. The zero-order valence-corrected chi connectivity index (χ0v) is 10.4. The number of esters is 1. The van der Waals surface area contributed by atoms with E-state index in [1.165, 1.54) is 7.11 Å². The van der Waals surface area contributed by atoms with E-state index >= 15 is 0 Å². The summed E-state index contributed by atoms with van der Waals surface area (Å²) < 4.78 is 10.5. The van der Waals surface area contributed by atoms with Gasteiger partial charge < -0.3 is 9.47 Å². The van der Waals surface area contributed by atoms with Crippen molar-refractivity contribution in [2.24, 2.45) is 0 Å². The molecule has 4 nitrogen and oxygen atoms in total. The van der Waals surface area contributed by atoms with Gasteiger partial charge in [0.1, 0.15) is 11.3 Å². The second-order valence-corrected chi connectivity index (χ2v) is 4.16. The topological polar surface area (TPSA) is 47.6 Å². The van der Waals surface area contributed by atoms with Crippen LogP contribution in [0, 0.1) is 0 Å². The van der Waals surface area contributed by atoms with E-state index in [1.807, 2.05) is 24.3 Å². The number of carbonyl (C=O) groups is 1. The van der Waals surface area contributed by atoms with Crippen LogP contribution in [0.4, 0.5) is 0 Å². The lowest BCUT2D eigenvalue weighted by atomic mass is 9.84. The molecule has 18 heavy (non-hydrogen) atoms. The summed E-state index contributed by atoms with van der Waals surface area (Å²) in [6.45, 7) is 4.69. The molecule has 0 saturated carbocycles. The van der Waals surface area contributed by atoms with Gasteiger partial charge in [-0.25, -0.2) is 4.79 Å². The highest BCUT2D eigenvalue weighted by molar-refractivity contribution is 5.84. The lowest BCUT2D eigenvalue weighted by Gasteiger charge is -2.36. The van der Waals surface area contributed by atoms with Gasteiger partial charge in [0.2, 0.25) is 0 Å². The first-order chi connectivity index (χ1) is 8.74. The molecule has 0 bridgehead atoms. The first kappa shape index (κ1) is 12.6. The van der Waals surface area contributed by atoms with Crippen molar-refractivity contribution in [1.29, 1.82) is 0 Å². The van der Waals surface area contributed by atoms with Crippen molar-refractivity contribution in [3.8, 4) is 5.75 Å². The number of nitrogens with one attached hydrogen (secondary N) is 1. The fourth-order valence-electron chi connectivity index (χ4n) is 2.28. The number of methoxy groups -OCH3 is 1. The second kappa shape index (κ2) is 5.23. The Balaban J connectivity index is 2.47. The second-order valence-electron chi connectivity index (χ2n) is 4.16. The van der Waals surface area contributed by atoms with Gasteiger partial charge in [0.05, 0.1) is 13.7 Å². The van der Waals surface area contributed by atoms with Crippen LogP contribution in [0.2, 0.25) is 0 Å². The number of hydrogen-bond acceptors (Lipinski definition) is 4. The number of rotatable bonds is 4. The monoisotopic (exact) mass is 247 g/mol. The number of ether oxygens (including phenoxy) is 2. The van der Waals surface area contributed by atoms with Gasteiger partial charge in [-0.1, -0.05) is 24.3 Å². The summed E-state index contributed by atoms with van der Waals surface area (Å²) in [4.78, 5) is 12.2. The van der Waals surface area contributed by atoms with Crippen LogP contribution in [0.1, 0.15) is 12.0 Å². The van der Waals surface area contributed by atoms with Crippen LogP contribution in [-0.4, -0.2) is 26.2 Å². The molecule has 1 N–H and O–H groups in total. The van der Waals surface area contributed by atoms with E-state index in [0.717, 1.165) is 11.3 Å². The average molecular weight is 247 g/mol. The van der Waals surface area contributed by atoms with Gasteiger partial charge in [0.15, 0.2) is 0 Å². The molecule has 0 amide bonds. The van der Waals surface area contributed by atoms with E-state index in [4.69, 9.17) is 9.47 Å². The van der Waals surface area contributed by atoms with E-state index in [0.29, 0.717) is 19.6 Å². The standard InChI is InChI=1S/C14H17NO3/c1-3-9-15-14(13(16)17-2)8-10-18-12-7-5-4-6-11(12)14/h3-7,15H,1,8-10H2,2H3. The third kappa shape index (κ3) is 1.99. The van der Waals surface area contributed by atoms with Gasteiger partial charge in [-0.05, 0) is 6.07 Å². The van der Waals surface area contributed by atoms with Crippen molar-refractivity contribution in [2.45, 2.75) is 12.0 Å². The van der Waals surface area contributed by atoms with Crippen molar-refractivity contribution in [3.63, 3.8) is 0 Å². The molecule has 0 fully saturated rings. The van der Waals surface area contributed by atoms with Crippen molar-refractivity contribution in [3.05, 3.63) is 42.5 Å². The molecule has 0 aliphatic carbocycles. The molecule has 1 aromatic carbocycles. The predicted octanol–water partition coefficient (Wildman–Crippen LogP) is 1.61. The van der Waals surface area contributed by atoms with Crippen molar-refractivity contribution in [1.82, 2.24) is 5.32 Å². The van der Waals surface area contributed by atoms with Crippen molar-refractivity contribution < 1.29 is 14.3 Å². The Bertz CT molecular complexity index is 458. The Labute approximate surface area is 107 Å². The smallest absolute Gasteiger partial charge is 0.331 e. The number of benzene rings is 1. The minimum atomic E-state index is -0.836. The summed E-state index contributed by atoms with van der Waals surface area (Å²) in [6, 6.07) is 7.53.